The summed E-state index contributed by atoms with van der Waals surface area (Å²) in [5.41, 5.74) is 0. The first-order chi connectivity index (χ1) is 2.79. The molecule has 1 saturated carbocycles. The smallest absolute Gasteiger partial charge is 0.0130 e. The number of rotatable bonds is 0. The molecule has 0 unspecified atom stereocenters. The van der Waals surface area contributed by atoms with Crippen LogP contribution >= 0.6 is 45.2 Å². The van der Waals surface area contributed by atoms with Gasteiger partial charge in [-0.05, 0) is 12.8 Å². The predicted molar refractivity (Wildman–Crippen MR) is 44.9 cm³/mol. The van der Waals surface area contributed by atoms with Crippen LogP contribution in [-0.4, -0.2) is 7.85 Å². The average molecular weight is 308 g/mol. The summed E-state index contributed by atoms with van der Waals surface area (Å²) in [5.74, 6) is 0. The highest BCUT2D eigenvalue weighted by Crippen LogP contribution is 2.33. The Bertz CT molecular complexity index is 41.5. The van der Waals surface area contributed by atoms with Gasteiger partial charge in [-0.1, -0.05) is 45.2 Å². The van der Waals surface area contributed by atoms with Gasteiger partial charge >= 0.3 is 0 Å². The van der Waals surface area contributed by atoms with Crippen molar-refractivity contribution in [3.05, 3.63) is 0 Å². The standard InChI is InChI=1S/C4H6I2/c5-3-1-4(6)2-3/h3-4H,1-2H2/t3-,4+. The molecule has 0 N–H and O–H groups in total. The summed E-state index contributed by atoms with van der Waals surface area (Å²) in [6, 6.07) is 0. The van der Waals surface area contributed by atoms with Crippen LogP contribution in [0.1, 0.15) is 12.8 Å². The lowest BCUT2D eigenvalue weighted by Crippen LogP contribution is -2.22. The molecule has 2 heteroatoms. The third-order valence-electron chi connectivity index (χ3n) is 1.02. The van der Waals surface area contributed by atoms with E-state index in [4.69, 9.17) is 0 Å². The van der Waals surface area contributed by atoms with E-state index in [0.717, 1.165) is 7.85 Å². The molecule has 0 aromatic heterocycles. The molecule has 1 rings (SSSR count). The Kier molecular flexibility index (Phi) is 2.01. The lowest BCUT2D eigenvalue weighted by Gasteiger charge is -2.25. The zero-order valence-electron chi connectivity index (χ0n) is 3.32. The maximum Gasteiger partial charge on any atom is 0.0130 e. The molecule has 0 atom stereocenters. The van der Waals surface area contributed by atoms with Gasteiger partial charge in [-0.3, -0.25) is 0 Å². The highest BCUT2D eigenvalue weighted by atomic mass is 127. The van der Waals surface area contributed by atoms with Crippen molar-refractivity contribution in [1.29, 1.82) is 0 Å². The fourth-order valence-corrected chi connectivity index (χ4v) is 4.89. The Morgan fingerprint density at radius 2 is 1.33 bits per heavy atom. The van der Waals surface area contributed by atoms with Crippen LogP contribution < -0.4 is 0 Å². The molecule has 6 heavy (non-hydrogen) atoms. The fraction of sp³-hybridized carbons (Fsp3) is 1.00. The minimum atomic E-state index is 1.00. The highest BCUT2D eigenvalue weighted by molar-refractivity contribution is 14.1. The molecule has 0 aliphatic heterocycles. The third kappa shape index (κ3) is 1.21. The highest BCUT2D eigenvalue weighted by Gasteiger charge is 2.22. The summed E-state index contributed by atoms with van der Waals surface area (Å²) < 4.78 is 2.01. The van der Waals surface area contributed by atoms with E-state index >= 15 is 0 Å². The maximum absolute atomic E-state index is 2.50. The summed E-state index contributed by atoms with van der Waals surface area (Å²) in [6.45, 7) is 0. The van der Waals surface area contributed by atoms with E-state index in [0.29, 0.717) is 0 Å². The first kappa shape index (κ1) is 5.59. The van der Waals surface area contributed by atoms with E-state index in [9.17, 15) is 0 Å². The van der Waals surface area contributed by atoms with Gasteiger partial charge in [0, 0.05) is 7.85 Å². The fourth-order valence-electron chi connectivity index (χ4n) is 0.486. The number of alkyl halides is 2. The van der Waals surface area contributed by atoms with Crippen LogP contribution in [0.25, 0.3) is 0 Å². The van der Waals surface area contributed by atoms with Crippen LogP contribution in [-0.2, 0) is 0 Å². The minimum absolute atomic E-state index is 1.00. The van der Waals surface area contributed by atoms with Crippen molar-refractivity contribution in [2.75, 3.05) is 0 Å². The number of halogens is 2. The molecule has 1 fully saturated rings. The van der Waals surface area contributed by atoms with E-state index in [1.165, 1.54) is 12.8 Å². The van der Waals surface area contributed by atoms with Gasteiger partial charge in [-0.25, -0.2) is 0 Å². The van der Waals surface area contributed by atoms with Gasteiger partial charge in [0.2, 0.25) is 0 Å². The molecule has 0 aromatic rings. The van der Waals surface area contributed by atoms with Gasteiger partial charge in [0.15, 0.2) is 0 Å². The molecule has 0 bridgehead atoms. The normalized spacial score (nSPS) is 45.0. The van der Waals surface area contributed by atoms with E-state index in [1.54, 1.807) is 0 Å². The van der Waals surface area contributed by atoms with Gasteiger partial charge in [0.1, 0.15) is 0 Å². The Morgan fingerprint density at radius 3 is 1.33 bits per heavy atom. The average Bonchev–Trinajstić information content (AvgIpc) is 1.33. The van der Waals surface area contributed by atoms with E-state index < -0.39 is 0 Å². The molecule has 1 aliphatic rings. The molecule has 36 valence electrons. The quantitative estimate of drug-likeness (QED) is 0.476. The van der Waals surface area contributed by atoms with Crippen molar-refractivity contribution in [2.24, 2.45) is 0 Å². The van der Waals surface area contributed by atoms with Crippen molar-refractivity contribution in [3.63, 3.8) is 0 Å². The summed E-state index contributed by atoms with van der Waals surface area (Å²) in [6.07, 6.45) is 2.89. The van der Waals surface area contributed by atoms with E-state index in [2.05, 4.69) is 45.2 Å². The molecular formula is C4H6I2. The monoisotopic (exact) mass is 308 g/mol. The van der Waals surface area contributed by atoms with Crippen LogP contribution in [0, 0.1) is 0 Å². The molecular weight excluding hydrogens is 302 g/mol. The molecule has 0 heterocycles. The van der Waals surface area contributed by atoms with Crippen LogP contribution in [0.15, 0.2) is 0 Å². The van der Waals surface area contributed by atoms with Crippen LogP contribution in [0.5, 0.6) is 0 Å². The Labute approximate surface area is 65.4 Å². The second-order valence-electron chi connectivity index (χ2n) is 1.67. The van der Waals surface area contributed by atoms with E-state index in [1.807, 2.05) is 0 Å². The molecule has 0 nitrogen and oxygen atoms in total. The van der Waals surface area contributed by atoms with Gasteiger partial charge < -0.3 is 0 Å². The molecule has 0 saturated heterocycles. The predicted octanol–water partition coefficient (Wildman–Crippen LogP) is 2.39. The zero-order valence-corrected chi connectivity index (χ0v) is 7.64. The van der Waals surface area contributed by atoms with Crippen molar-refractivity contribution >= 4 is 45.2 Å². The van der Waals surface area contributed by atoms with Crippen molar-refractivity contribution in [1.82, 2.24) is 0 Å². The minimum Gasteiger partial charge on any atom is -0.0825 e. The topological polar surface area (TPSA) is 0 Å². The van der Waals surface area contributed by atoms with Gasteiger partial charge in [-0.15, -0.1) is 0 Å². The second kappa shape index (κ2) is 2.15. The first-order valence-corrected chi connectivity index (χ1v) is 4.56. The Hall–Kier alpha value is 1.46. The number of hydrogen-bond acceptors (Lipinski definition) is 0. The first-order valence-electron chi connectivity index (χ1n) is 2.07. The third-order valence-corrected chi connectivity index (χ3v) is 3.06. The molecule has 0 radical (unpaired) electrons. The van der Waals surface area contributed by atoms with Gasteiger partial charge in [0.25, 0.3) is 0 Å². The van der Waals surface area contributed by atoms with Gasteiger partial charge in [0.05, 0.1) is 0 Å². The molecule has 0 amide bonds. The van der Waals surface area contributed by atoms with Crippen LogP contribution in [0.3, 0.4) is 0 Å². The van der Waals surface area contributed by atoms with Gasteiger partial charge in [-0.2, -0.15) is 0 Å². The summed E-state index contributed by atoms with van der Waals surface area (Å²) in [5, 5.41) is 0. The molecule has 0 spiro atoms. The zero-order chi connectivity index (χ0) is 4.57. The van der Waals surface area contributed by atoms with Crippen molar-refractivity contribution < 1.29 is 0 Å². The lowest BCUT2D eigenvalue weighted by molar-refractivity contribution is 0.579. The Morgan fingerprint density at radius 1 is 1.00 bits per heavy atom. The summed E-state index contributed by atoms with van der Waals surface area (Å²) in [7, 11) is 0. The van der Waals surface area contributed by atoms with Crippen LogP contribution in [0.4, 0.5) is 0 Å². The van der Waals surface area contributed by atoms with Crippen molar-refractivity contribution in [2.45, 2.75) is 20.7 Å². The SMILES string of the molecule is I[C@H]1C[C@@H](I)C1. The van der Waals surface area contributed by atoms with Crippen molar-refractivity contribution in [3.8, 4) is 0 Å². The maximum atomic E-state index is 2.50. The second-order valence-corrected chi connectivity index (χ2v) is 5.19. The Balaban J connectivity index is 2.11. The number of hydrogen-bond donors (Lipinski definition) is 0. The summed E-state index contributed by atoms with van der Waals surface area (Å²) >= 11 is 5.01. The van der Waals surface area contributed by atoms with E-state index in [-0.39, 0.29) is 0 Å². The lowest BCUT2D eigenvalue weighted by atomic mass is 10.0. The summed E-state index contributed by atoms with van der Waals surface area (Å²) in [4.78, 5) is 0. The largest absolute Gasteiger partial charge is 0.0825 e. The molecule has 1 aliphatic carbocycles. The van der Waals surface area contributed by atoms with Crippen LogP contribution in [0.2, 0.25) is 0 Å². The molecule has 0 aromatic carbocycles.